The minimum atomic E-state index is -0.269. The lowest BCUT2D eigenvalue weighted by atomic mass is 9.76. The van der Waals surface area contributed by atoms with Gasteiger partial charge in [-0.3, -0.25) is 4.99 Å². The van der Waals surface area contributed by atoms with E-state index in [4.69, 9.17) is 4.99 Å². The van der Waals surface area contributed by atoms with Gasteiger partial charge in [-0.1, -0.05) is 82.5 Å². The second-order valence-corrected chi connectivity index (χ2v) is 7.81. The quantitative estimate of drug-likeness (QED) is 0.432. The van der Waals surface area contributed by atoms with Crippen LogP contribution in [0, 0.1) is 6.92 Å². The normalized spacial score (nSPS) is 13.3. The SMILES string of the molecule is CCCCCC(C)N=Cc1c(C)ccc(C(C)(C)c2ccccc2)c1O. The molecular formula is C24H33NO. The average molecular weight is 352 g/mol. The van der Waals surface area contributed by atoms with E-state index in [0.29, 0.717) is 5.75 Å². The number of benzene rings is 2. The van der Waals surface area contributed by atoms with E-state index in [2.05, 4.69) is 45.9 Å². The van der Waals surface area contributed by atoms with Crippen LogP contribution >= 0.6 is 0 Å². The fourth-order valence-electron chi connectivity index (χ4n) is 3.35. The van der Waals surface area contributed by atoms with Gasteiger partial charge in [-0.05, 0) is 31.4 Å². The molecule has 1 unspecified atom stereocenters. The molecule has 0 spiro atoms. The summed E-state index contributed by atoms with van der Waals surface area (Å²) in [5.41, 5.74) is 3.76. The number of hydrogen-bond acceptors (Lipinski definition) is 2. The van der Waals surface area contributed by atoms with Crippen LogP contribution in [0.25, 0.3) is 0 Å². The Morgan fingerprint density at radius 2 is 1.77 bits per heavy atom. The Morgan fingerprint density at radius 1 is 1.08 bits per heavy atom. The predicted molar refractivity (Wildman–Crippen MR) is 113 cm³/mol. The van der Waals surface area contributed by atoms with Gasteiger partial charge in [0, 0.05) is 28.8 Å². The van der Waals surface area contributed by atoms with Crippen LogP contribution in [-0.4, -0.2) is 17.4 Å². The lowest BCUT2D eigenvalue weighted by Gasteiger charge is -2.28. The first-order valence-corrected chi connectivity index (χ1v) is 9.79. The van der Waals surface area contributed by atoms with E-state index >= 15 is 0 Å². The Bertz CT molecular complexity index is 731. The molecule has 26 heavy (non-hydrogen) atoms. The maximum absolute atomic E-state index is 11.0. The van der Waals surface area contributed by atoms with Gasteiger partial charge in [-0.15, -0.1) is 0 Å². The molecule has 2 heteroatoms. The molecule has 0 aromatic heterocycles. The molecule has 0 radical (unpaired) electrons. The van der Waals surface area contributed by atoms with Crippen molar-refractivity contribution in [1.29, 1.82) is 0 Å². The van der Waals surface area contributed by atoms with Crippen LogP contribution in [-0.2, 0) is 5.41 Å². The summed E-state index contributed by atoms with van der Waals surface area (Å²) in [6.45, 7) is 10.7. The van der Waals surface area contributed by atoms with Crippen molar-refractivity contribution in [2.75, 3.05) is 0 Å². The number of aryl methyl sites for hydroxylation is 1. The average Bonchev–Trinajstić information content (AvgIpc) is 2.62. The molecular weight excluding hydrogens is 318 g/mol. The Balaban J connectivity index is 2.31. The third-order valence-corrected chi connectivity index (χ3v) is 5.29. The van der Waals surface area contributed by atoms with Gasteiger partial charge >= 0.3 is 0 Å². The van der Waals surface area contributed by atoms with Crippen LogP contribution < -0.4 is 0 Å². The van der Waals surface area contributed by atoms with E-state index in [0.717, 1.165) is 23.1 Å². The zero-order valence-corrected chi connectivity index (χ0v) is 16.9. The molecule has 2 rings (SSSR count). The van der Waals surface area contributed by atoms with E-state index in [-0.39, 0.29) is 11.5 Å². The monoisotopic (exact) mass is 351 g/mol. The molecule has 140 valence electrons. The number of aliphatic imine (C=N–C) groups is 1. The number of hydrogen-bond donors (Lipinski definition) is 1. The van der Waals surface area contributed by atoms with Crippen molar-refractivity contribution in [2.45, 2.75) is 71.8 Å². The molecule has 0 saturated carbocycles. The summed E-state index contributed by atoms with van der Waals surface area (Å²) in [4.78, 5) is 4.70. The Hall–Kier alpha value is -2.09. The summed E-state index contributed by atoms with van der Waals surface area (Å²) in [7, 11) is 0. The van der Waals surface area contributed by atoms with Gasteiger partial charge in [-0.2, -0.15) is 0 Å². The Kier molecular flexibility index (Phi) is 7.02. The highest BCUT2D eigenvalue weighted by atomic mass is 16.3. The number of rotatable bonds is 8. The summed E-state index contributed by atoms with van der Waals surface area (Å²) in [5, 5.41) is 11.0. The maximum Gasteiger partial charge on any atom is 0.128 e. The number of unbranched alkanes of at least 4 members (excludes halogenated alkanes) is 2. The minimum absolute atomic E-state index is 0.269. The second kappa shape index (κ2) is 9.02. The molecule has 2 aromatic carbocycles. The van der Waals surface area contributed by atoms with Gasteiger partial charge in [-0.25, -0.2) is 0 Å². The van der Waals surface area contributed by atoms with Gasteiger partial charge < -0.3 is 5.11 Å². The standard InChI is InChI=1S/C24H33NO/c1-6-7-9-12-19(3)25-17-21-18(2)15-16-22(23(21)26)24(4,5)20-13-10-8-11-14-20/h8,10-11,13-17,19,26H,6-7,9,12H2,1-5H3. The molecule has 0 aliphatic carbocycles. The zero-order valence-electron chi connectivity index (χ0n) is 16.9. The molecule has 1 atom stereocenters. The molecule has 0 bridgehead atoms. The molecule has 2 aromatic rings. The summed E-state index contributed by atoms with van der Waals surface area (Å²) >= 11 is 0. The Morgan fingerprint density at radius 3 is 2.42 bits per heavy atom. The fraction of sp³-hybridized carbons (Fsp3) is 0.458. The molecule has 0 fully saturated rings. The highest BCUT2D eigenvalue weighted by molar-refractivity contribution is 5.86. The zero-order chi connectivity index (χ0) is 19.2. The number of phenolic OH excluding ortho intramolecular Hbond substituents is 1. The van der Waals surface area contributed by atoms with Crippen molar-refractivity contribution >= 4 is 6.21 Å². The van der Waals surface area contributed by atoms with Crippen molar-refractivity contribution in [3.8, 4) is 5.75 Å². The minimum Gasteiger partial charge on any atom is -0.507 e. The molecule has 1 N–H and O–H groups in total. The van der Waals surface area contributed by atoms with Crippen LogP contribution in [0.2, 0.25) is 0 Å². The third-order valence-electron chi connectivity index (χ3n) is 5.29. The molecule has 0 aliphatic rings. The Labute approximate surface area is 159 Å². The molecule has 0 aliphatic heterocycles. The van der Waals surface area contributed by atoms with Gasteiger partial charge in [0.25, 0.3) is 0 Å². The smallest absolute Gasteiger partial charge is 0.128 e. The van der Waals surface area contributed by atoms with Crippen LogP contribution in [0.3, 0.4) is 0 Å². The van der Waals surface area contributed by atoms with Crippen molar-refractivity contribution in [3.63, 3.8) is 0 Å². The first kappa shape index (κ1) is 20.2. The highest BCUT2D eigenvalue weighted by Gasteiger charge is 2.27. The van der Waals surface area contributed by atoms with Crippen LogP contribution in [0.15, 0.2) is 47.5 Å². The van der Waals surface area contributed by atoms with Crippen molar-refractivity contribution in [1.82, 2.24) is 0 Å². The van der Waals surface area contributed by atoms with Crippen LogP contribution in [0.5, 0.6) is 5.75 Å². The largest absolute Gasteiger partial charge is 0.507 e. The van der Waals surface area contributed by atoms with E-state index < -0.39 is 0 Å². The lowest BCUT2D eigenvalue weighted by molar-refractivity contribution is 0.451. The number of nitrogens with zero attached hydrogens (tertiary/aromatic N) is 1. The van der Waals surface area contributed by atoms with E-state index in [1.165, 1.54) is 24.8 Å². The van der Waals surface area contributed by atoms with Gasteiger partial charge in [0.1, 0.15) is 5.75 Å². The first-order chi connectivity index (χ1) is 12.4. The molecule has 0 heterocycles. The molecule has 2 nitrogen and oxygen atoms in total. The van der Waals surface area contributed by atoms with E-state index in [1.807, 2.05) is 37.4 Å². The maximum atomic E-state index is 11.0. The summed E-state index contributed by atoms with van der Waals surface area (Å²) in [6, 6.07) is 14.7. The summed E-state index contributed by atoms with van der Waals surface area (Å²) in [6.07, 6.45) is 6.66. The number of aromatic hydroxyl groups is 1. The van der Waals surface area contributed by atoms with Crippen molar-refractivity contribution in [3.05, 3.63) is 64.7 Å². The van der Waals surface area contributed by atoms with Crippen LogP contribution in [0.4, 0.5) is 0 Å². The second-order valence-electron chi connectivity index (χ2n) is 7.81. The lowest BCUT2D eigenvalue weighted by Crippen LogP contribution is -2.19. The van der Waals surface area contributed by atoms with Gasteiger partial charge in [0.05, 0.1) is 0 Å². The van der Waals surface area contributed by atoms with Gasteiger partial charge in [0.15, 0.2) is 0 Å². The topological polar surface area (TPSA) is 32.6 Å². The predicted octanol–water partition coefficient (Wildman–Crippen LogP) is 6.41. The van der Waals surface area contributed by atoms with E-state index in [9.17, 15) is 5.11 Å². The first-order valence-electron chi connectivity index (χ1n) is 9.79. The van der Waals surface area contributed by atoms with Crippen molar-refractivity contribution in [2.24, 2.45) is 4.99 Å². The summed E-state index contributed by atoms with van der Waals surface area (Å²) in [5.74, 6) is 0.350. The fourth-order valence-corrected chi connectivity index (χ4v) is 3.35. The summed E-state index contributed by atoms with van der Waals surface area (Å²) < 4.78 is 0. The molecule has 0 saturated heterocycles. The van der Waals surface area contributed by atoms with E-state index in [1.54, 1.807) is 0 Å². The van der Waals surface area contributed by atoms with Gasteiger partial charge in [0.2, 0.25) is 0 Å². The van der Waals surface area contributed by atoms with Crippen molar-refractivity contribution < 1.29 is 5.11 Å². The third kappa shape index (κ3) is 4.75. The van der Waals surface area contributed by atoms with Crippen LogP contribution in [0.1, 0.15) is 75.6 Å². The number of phenols is 1. The molecule has 0 amide bonds. The highest BCUT2D eigenvalue weighted by Crippen LogP contribution is 2.38.